The van der Waals surface area contributed by atoms with Crippen molar-refractivity contribution in [1.29, 1.82) is 0 Å². The molecule has 0 radical (unpaired) electrons. The van der Waals surface area contributed by atoms with E-state index in [0.717, 1.165) is 23.7 Å². The SMILES string of the molecule is COc1ccc2[nH]c3c(=O)n(CCCCC(=O)NC(C)CCc4ccccc4)c(=S)[nH]c3c2c1. The van der Waals surface area contributed by atoms with Gasteiger partial charge in [-0.25, -0.2) is 0 Å². The summed E-state index contributed by atoms with van der Waals surface area (Å²) in [6.07, 6.45) is 3.63. The maximum Gasteiger partial charge on any atom is 0.278 e. The van der Waals surface area contributed by atoms with Crippen LogP contribution in [-0.2, 0) is 17.8 Å². The third-order valence-electron chi connectivity index (χ3n) is 6.09. The van der Waals surface area contributed by atoms with Gasteiger partial charge in [0.25, 0.3) is 5.56 Å². The van der Waals surface area contributed by atoms with Crippen molar-refractivity contribution in [3.8, 4) is 5.75 Å². The number of carbonyl (C=O) groups excluding carboxylic acids is 1. The lowest BCUT2D eigenvalue weighted by atomic mass is 10.1. The molecule has 178 valence electrons. The zero-order valence-electron chi connectivity index (χ0n) is 19.5. The summed E-state index contributed by atoms with van der Waals surface area (Å²) in [5, 5.41) is 3.93. The molecule has 1 atom stereocenters. The van der Waals surface area contributed by atoms with Crippen molar-refractivity contribution in [3.63, 3.8) is 0 Å². The van der Waals surface area contributed by atoms with Gasteiger partial charge in [0.1, 0.15) is 11.3 Å². The van der Waals surface area contributed by atoms with Gasteiger partial charge in [-0.05, 0) is 68.6 Å². The van der Waals surface area contributed by atoms with Crippen molar-refractivity contribution in [2.24, 2.45) is 0 Å². The Labute approximate surface area is 203 Å². The van der Waals surface area contributed by atoms with Crippen LogP contribution in [-0.4, -0.2) is 33.6 Å². The number of aromatic nitrogens is 3. The van der Waals surface area contributed by atoms with Gasteiger partial charge in [0.2, 0.25) is 5.91 Å². The Morgan fingerprint density at radius 2 is 1.91 bits per heavy atom. The van der Waals surface area contributed by atoms with Gasteiger partial charge in [-0.15, -0.1) is 0 Å². The van der Waals surface area contributed by atoms with E-state index in [1.165, 1.54) is 5.56 Å². The largest absolute Gasteiger partial charge is 0.497 e. The average Bonchev–Trinajstić information content (AvgIpc) is 3.20. The van der Waals surface area contributed by atoms with Crippen molar-refractivity contribution >= 4 is 40.1 Å². The summed E-state index contributed by atoms with van der Waals surface area (Å²) in [6, 6.07) is 16.0. The average molecular weight is 479 g/mol. The third-order valence-corrected chi connectivity index (χ3v) is 6.42. The fourth-order valence-electron chi connectivity index (χ4n) is 4.20. The Hall–Kier alpha value is -3.39. The summed E-state index contributed by atoms with van der Waals surface area (Å²) < 4.78 is 7.23. The van der Waals surface area contributed by atoms with Gasteiger partial charge in [0.05, 0.1) is 12.6 Å². The fraction of sp³-hybridized carbons (Fsp3) is 0.346. The van der Waals surface area contributed by atoms with Crippen LogP contribution >= 0.6 is 12.2 Å². The highest BCUT2D eigenvalue weighted by molar-refractivity contribution is 7.71. The van der Waals surface area contributed by atoms with Crippen LogP contribution in [0.25, 0.3) is 21.9 Å². The van der Waals surface area contributed by atoms with Gasteiger partial charge >= 0.3 is 0 Å². The monoisotopic (exact) mass is 478 g/mol. The number of nitrogens with zero attached hydrogens (tertiary/aromatic N) is 1. The van der Waals surface area contributed by atoms with E-state index in [1.807, 2.05) is 43.3 Å². The lowest BCUT2D eigenvalue weighted by molar-refractivity contribution is -0.121. The topological polar surface area (TPSA) is 91.9 Å². The second kappa shape index (κ2) is 10.7. The number of ether oxygens (including phenoxy) is 1. The molecule has 4 rings (SSSR count). The molecule has 0 saturated carbocycles. The highest BCUT2D eigenvalue weighted by Gasteiger charge is 2.13. The zero-order valence-corrected chi connectivity index (χ0v) is 20.3. The summed E-state index contributed by atoms with van der Waals surface area (Å²) in [5.74, 6) is 0.752. The number of methoxy groups -OCH3 is 1. The molecule has 2 aromatic carbocycles. The molecule has 8 heteroatoms. The number of benzene rings is 2. The van der Waals surface area contributed by atoms with Crippen molar-refractivity contribution in [1.82, 2.24) is 19.9 Å². The summed E-state index contributed by atoms with van der Waals surface area (Å²) in [6.45, 7) is 2.49. The van der Waals surface area contributed by atoms with Crippen molar-refractivity contribution in [3.05, 3.63) is 69.2 Å². The summed E-state index contributed by atoms with van der Waals surface area (Å²) in [4.78, 5) is 31.8. The van der Waals surface area contributed by atoms with E-state index in [9.17, 15) is 9.59 Å². The van der Waals surface area contributed by atoms with Gasteiger partial charge in [-0.2, -0.15) is 0 Å². The summed E-state index contributed by atoms with van der Waals surface area (Å²) in [7, 11) is 1.61. The lowest BCUT2D eigenvalue weighted by Crippen LogP contribution is -2.32. The van der Waals surface area contributed by atoms with E-state index in [-0.39, 0.29) is 17.5 Å². The van der Waals surface area contributed by atoms with E-state index < -0.39 is 0 Å². The van der Waals surface area contributed by atoms with E-state index in [1.54, 1.807) is 11.7 Å². The van der Waals surface area contributed by atoms with E-state index >= 15 is 0 Å². The molecule has 4 aromatic rings. The quantitative estimate of drug-likeness (QED) is 0.224. The van der Waals surface area contributed by atoms with Crippen molar-refractivity contribution < 1.29 is 9.53 Å². The summed E-state index contributed by atoms with van der Waals surface area (Å²) >= 11 is 5.47. The highest BCUT2D eigenvalue weighted by Crippen LogP contribution is 2.25. The molecule has 34 heavy (non-hydrogen) atoms. The molecule has 0 aliphatic heterocycles. The van der Waals surface area contributed by atoms with Crippen LogP contribution < -0.4 is 15.6 Å². The molecule has 0 spiro atoms. The number of nitrogens with one attached hydrogen (secondary N) is 3. The van der Waals surface area contributed by atoms with Crippen LogP contribution in [0.2, 0.25) is 0 Å². The standard InChI is InChI=1S/C26H30N4O3S/c1-17(11-12-18-8-4-3-5-9-18)27-22(31)10-6-7-15-30-25(32)24-23(29-26(30)34)20-16-19(33-2)13-14-21(20)28-24/h3-5,8-9,13-14,16-17,28H,6-7,10-12,15H2,1-2H3,(H,27,31)(H,29,34). The zero-order chi connectivity index (χ0) is 24.1. The number of carbonyl (C=O) groups is 1. The molecule has 1 amide bonds. The first-order valence-electron chi connectivity index (χ1n) is 11.6. The first kappa shape index (κ1) is 23.8. The smallest absolute Gasteiger partial charge is 0.278 e. The molecule has 0 saturated heterocycles. The Kier molecular flexibility index (Phi) is 7.47. The fourth-order valence-corrected chi connectivity index (χ4v) is 4.47. The maximum absolute atomic E-state index is 13.1. The Bertz CT molecular complexity index is 1400. The second-order valence-electron chi connectivity index (χ2n) is 8.62. The molecule has 0 fully saturated rings. The highest BCUT2D eigenvalue weighted by atomic mass is 32.1. The molecule has 2 heterocycles. The van der Waals surface area contributed by atoms with Crippen molar-refractivity contribution in [2.45, 2.75) is 51.6 Å². The predicted octanol–water partition coefficient (Wildman–Crippen LogP) is 4.86. The van der Waals surface area contributed by atoms with Crippen LogP contribution in [0.15, 0.2) is 53.3 Å². The van der Waals surface area contributed by atoms with Crippen LogP contribution in [0.4, 0.5) is 0 Å². The maximum atomic E-state index is 13.1. The number of rotatable bonds is 10. The molecular formula is C26H30N4O3S. The Balaban J connectivity index is 1.32. The summed E-state index contributed by atoms with van der Waals surface area (Å²) in [5.41, 5.74) is 3.13. The number of hydrogen-bond acceptors (Lipinski definition) is 4. The van der Waals surface area contributed by atoms with E-state index in [2.05, 4.69) is 27.4 Å². The number of amides is 1. The molecule has 0 aliphatic rings. The number of H-pyrrole nitrogens is 2. The number of aryl methyl sites for hydroxylation is 1. The molecule has 7 nitrogen and oxygen atoms in total. The number of unbranched alkanes of at least 4 members (excludes halogenated alkanes) is 1. The molecule has 1 unspecified atom stereocenters. The minimum Gasteiger partial charge on any atom is -0.497 e. The third kappa shape index (κ3) is 5.39. The molecule has 3 N–H and O–H groups in total. The van der Waals surface area contributed by atoms with Crippen LogP contribution in [0.1, 0.15) is 38.2 Å². The Morgan fingerprint density at radius 1 is 1.12 bits per heavy atom. The Morgan fingerprint density at radius 3 is 2.68 bits per heavy atom. The van der Waals surface area contributed by atoms with Gasteiger partial charge in [0.15, 0.2) is 4.77 Å². The van der Waals surface area contributed by atoms with Crippen LogP contribution in [0.3, 0.4) is 0 Å². The first-order chi connectivity index (χ1) is 16.5. The second-order valence-corrected chi connectivity index (χ2v) is 9.01. The predicted molar refractivity (Wildman–Crippen MR) is 138 cm³/mol. The molecule has 0 aliphatic carbocycles. The van der Waals surface area contributed by atoms with Crippen molar-refractivity contribution in [2.75, 3.05) is 7.11 Å². The molecule has 2 aromatic heterocycles. The van der Waals surface area contributed by atoms with Gasteiger partial charge < -0.3 is 20.0 Å². The van der Waals surface area contributed by atoms with Gasteiger partial charge in [-0.3, -0.25) is 14.2 Å². The lowest BCUT2D eigenvalue weighted by Gasteiger charge is -2.14. The number of hydrogen-bond donors (Lipinski definition) is 3. The van der Waals surface area contributed by atoms with E-state index in [4.69, 9.17) is 17.0 Å². The van der Waals surface area contributed by atoms with E-state index in [0.29, 0.717) is 47.4 Å². The number of aromatic amines is 2. The minimum atomic E-state index is -0.159. The van der Waals surface area contributed by atoms with Gasteiger partial charge in [-0.1, -0.05) is 30.3 Å². The number of fused-ring (bicyclic) bond motifs is 3. The molecular weight excluding hydrogens is 448 g/mol. The molecule has 0 bridgehead atoms. The first-order valence-corrected chi connectivity index (χ1v) is 12.0. The normalized spacial score (nSPS) is 12.2. The minimum absolute atomic E-state index is 0.0399. The van der Waals surface area contributed by atoms with Crippen LogP contribution in [0.5, 0.6) is 5.75 Å². The van der Waals surface area contributed by atoms with Gasteiger partial charge in [0, 0.05) is 29.9 Å². The van der Waals surface area contributed by atoms with Crippen LogP contribution in [0, 0.1) is 4.77 Å².